The van der Waals surface area contributed by atoms with E-state index in [2.05, 4.69) is 15.0 Å². The number of nitrogens with zero attached hydrogens (tertiary/aromatic N) is 3. The maximum absolute atomic E-state index is 6.17. The van der Waals surface area contributed by atoms with Crippen molar-refractivity contribution in [2.45, 2.75) is 32.1 Å². The minimum Gasteiger partial charge on any atom is -0.387 e. The van der Waals surface area contributed by atoms with Gasteiger partial charge in [0.1, 0.15) is 11.7 Å². The molecule has 1 aromatic heterocycles. The van der Waals surface area contributed by atoms with Gasteiger partial charge in [0, 0.05) is 11.5 Å². The largest absolute Gasteiger partial charge is 0.387 e. The van der Waals surface area contributed by atoms with E-state index >= 15 is 0 Å². The van der Waals surface area contributed by atoms with Gasteiger partial charge >= 0.3 is 0 Å². The summed E-state index contributed by atoms with van der Waals surface area (Å²) in [7, 11) is 0. The zero-order valence-electron chi connectivity index (χ0n) is 13.7. The molecule has 1 aromatic carbocycles. The number of pyridine rings is 1. The predicted molar refractivity (Wildman–Crippen MR) is 98.9 cm³/mol. The standard InChI is InChI=1S/C19H23N5/c20-18(14-8-3-1-4-9-14)23-16-12-7-13-17(22-16)24-19(21)15-10-5-2-6-11-15/h1,3-4,7-9,12-13,15H,2,5-6,10-11H2,(H4,20,21,22,23,24). The van der Waals surface area contributed by atoms with Crippen molar-refractivity contribution in [3.63, 3.8) is 0 Å². The Morgan fingerprint density at radius 2 is 1.50 bits per heavy atom. The van der Waals surface area contributed by atoms with Gasteiger partial charge in [-0.1, -0.05) is 55.7 Å². The molecule has 24 heavy (non-hydrogen) atoms. The first-order valence-corrected chi connectivity index (χ1v) is 8.43. The number of hydrogen-bond acceptors (Lipinski definition) is 3. The highest BCUT2D eigenvalue weighted by atomic mass is 15.0. The molecule has 5 nitrogen and oxygen atoms in total. The topological polar surface area (TPSA) is 89.6 Å². The first kappa shape index (κ1) is 16.2. The van der Waals surface area contributed by atoms with Crippen molar-refractivity contribution < 1.29 is 0 Å². The van der Waals surface area contributed by atoms with Gasteiger partial charge in [0.05, 0.1) is 0 Å². The van der Waals surface area contributed by atoms with Crippen LogP contribution in [0.1, 0.15) is 37.7 Å². The van der Waals surface area contributed by atoms with Crippen LogP contribution in [-0.4, -0.2) is 16.7 Å². The fourth-order valence-electron chi connectivity index (χ4n) is 2.96. The summed E-state index contributed by atoms with van der Waals surface area (Å²) in [5, 5.41) is 0. The number of nitrogens with two attached hydrogens (primary N) is 2. The van der Waals surface area contributed by atoms with Gasteiger partial charge in [-0.15, -0.1) is 0 Å². The molecule has 0 atom stereocenters. The van der Waals surface area contributed by atoms with Gasteiger partial charge in [0.25, 0.3) is 0 Å². The van der Waals surface area contributed by atoms with Gasteiger partial charge in [-0.3, -0.25) is 0 Å². The quantitative estimate of drug-likeness (QED) is 0.664. The minimum absolute atomic E-state index is 0.377. The molecule has 1 fully saturated rings. The predicted octanol–water partition coefficient (Wildman–Crippen LogP) is 3.69. The monoisotopic (exact) mass is 321 g/mol. The lowest BCUT2D eigenvalue weighted by atomic mass is 9.88. The van der Waals surface area contributed by atoms with E-state index in [0.717, 1.165) is 18.4 Å². The number of amidine groups is 2. The van der Waals surface area contributed by atoms with Crippen molar-refractivity contribution in [3.8, 4) is 0 Å². The van der Waals surface area contributed by atoms with Crippen molar-refractivity contribution in [2.75, 3.05) is 0 Å². The Bertz CT molecular complexity index is 730. The summed E-state index contributed by atoms with van der Waals surface area (Å²) in [5.74, 6) is 2.61. The molecule has 1 saturated carbocycles. The number of rotatable bonds is 4. The maximum atomic E-state index is 6.17. The molecule has 1 aliphatic carbocycles. The van der Waals surface area contributed by atoms with Crippen molar-refractivity contribution >= 4 is 23.3 Å². The van der Waals surface area contributed by atoms with Crippen molar-refractivity contribution in [3.05, 3.63) is 54.1 Å². The first-order chi connectivity index (χ1) is 11.7. The van der Waals surface area contributed by atoms with Crippen molar-refractivity contribution in [1.29, 1.82) is 0 Å². The van der Waals surface area contributed by atoms with Gasteiger partial charge in [0.15, 0.2) is 11.6 Å². The second-order valence-electron chi connectivity index (χ2n) is 6.09. The summed E-state index contributed by atoms with van der Waals surface area (Å²) in [6.07, 6.45) is 5.99. The van der Waals surface area contributed by atoms with Crippen LogP contribution in [0.5, 0.6) is 0 Å². The molecule has 0 unspecified atom stereocenters. The average Bonchev–Trinajstić information content (AvgIpc) is 2.63. The van der Waals surface area contributed by atoms with E-state index in [0.29, 0.717) is 29.2 Å². The molecular weight excluding hydrogens is 298 g/mol. The van der Waals surface area contributed by atoms with Crippen LogP contribution in [0.2, 0.25) is 0 Å². The lowest BCUT2D eigenvalue weighted by Gasteiger charge is -2.20. The van der Waals surface area contributed by atoms with Crippen LogP contribution in [0.3, 0.4) is 0 Å². The molecule has 0 aliphatic heterocycles. The third-order valence-corrected chi connectivity index (χ3v) is 4.29. The zero-order valence-corrected chi connectivity index (χ0v) is 13.7. The molecule has 1 heterocycles. The lowest BCUT2D eigenvalue weighted by molar-refractivity contribution is 0.437. The summed E-state index contributed by atoms with van der Waals surface area (Å²) in [5.41, 5.74) is 13.1. The van der Waals surface area contributed by atoms with Gasteiger partial charge in [0.2, 0.25) is 0 Å². The Morgan fingerprint density at radius 3 is 2.21 bits per heavy atom. The second kappa shape index (κ2) is 7.73. The van der Waals surface area contributed by atoms with E-state index in [1.165, 1.54) is 19.3 Å². The Hall–Kier alpha value is -2.69. The van der Waals surface area contributed by atoms with E-state index in [-0.39, 0.29) is 0 Å². The lowest BCUT2D eigenvalue weighted by Crippen LogP contribution is -2.25. The number of aliphatic imine (C=N–C) groups is 2. The Kier molecular flexibility index (Phi) is 5.21. The fourth-order valence-corrected chi connectivity index (χ4v) is 2.96. The van der Waals surface area contributed by atoms with Crippen LogP contribution in [0.4, 0.5) is 11.6 Å². The molecule has 0 spiro atoms. The van der Waals surface area contributed by atoms with Crippen LogP contribution in [0, 0.1) is 5.92 Å². The minimum atomic E-state index is 0.377. The molecule has 0 amide bonds. The van der Waals surface area contributed by atoms with E-state index in [4.69, 9.17) is 11.5 Å². The van der Waals surface area contributed by atoms with Gasteiger partial charge in [-0.05, 0) is 25.0 Å². The number of benzene rings is 1. The van der Waals surface area contributed by atoms with E-state index in [1.54, 1.807) is 0 Å². The number of hydrogen-bond donors (Lipinski definition) is 2. The molecular formula is C19H23N5. The summed E-state index contributed by atoms with van der Waals surface area (Å²) in [6, 6.07) is 15.2. The average molecular weight is 321 g/mol. The molecule has 1 aliphatic rings. The molecule has 5 heteroatoms. The Morgan fingerprint density at radius 1 is 0.833 bits per heavy atom. The molecule has 0 bridgehead atoms. The highest BCUT2D eigenvalue weighted by molar-refractivity contribution is 5.98. The van der Waals surface area contributed by atoms with Crippen molar-refractivity contribution in [1.82, 2.24) is 4.98 Å². The van der Waals surface area contributed by atoms with Crippen LogP contribution in [0.15, 0.2) is 58.5 Å². The van der Waals surface area contributed by atoms with Crippen LogP contribution < -0.4 is 11.5 Å². The summed E-state index contributed by atoms with van der Waals surface area (Å²) >= 11 is 0. The second-order valence-corrected chi connectivity index (χ2v) is 6.09. The maximum Gasteiger partial charge on any atom is 0.156 e. The Balaban J connectivity index is 1.79. The third kappa shape index (κ3) is 4.19. The highest BCUT2D eigenvalue weighted by Crippen LogP contribution is 2.25. The van der Waals surface area contributed by atoms with Crippen molar-refractivity contribution in [2.24, 2.45) is 27.4 Å². The molecule has 3 rings (SSSR count). The summed E-state index contributed by atoms with van der Waals surface area (Å²) in [6.45, 7) is 0. The van der Waals surface area contributed by atoms with Crippen LogP contribution in [0.25, 0.3) is 0 Å². The van der Waals surface area contributed by atoms with Gasteiger partial charge < -0.3 is 11.5 Å². The molecule has 2 aromatic rings. The van der Waals surface area contributed by atoms with Crippen LogP contribution in [-0.2, 0) is 0 Å². The van der Waals surface area contributed by atoms with Gasteiger partial charge in [-0.2, -0.15) is 0 Å². The van der Waals surface area contributed by atoms with Gasteiger partial charge in [-0.25, -0.2) is 15.0 Å². The molecule has 0 radical (unpaired) electrons. The first-order valence-electron chi connectivity index (χ1n) is 8.43. The smallest absolute Gasteiger partial charge is 0.156 e. The fraction of sp³-hybridized carbons (Fsp3) is 0.316. The zero-order chi connectivity index (χ0) is 16.8. The SMILES string of the molecule is NC(=Nc1cccc(/N=C(\N)C2CCCCC2)n1)c1ccccc1. The molecule has 124 valence electrons. The third-order valence-electron chi connectivity index (χ3n) is 4.29. The van der Waals surface area contributed by atoms with E-state index < -0.39 is 0 Å². The number of aromatic nitrogens is 1. The van der Waals surface area contributed by atoms with E-state index in [9.17, 15) is 0 Å². The van der Waals surface area contributed by atoms with E-state index in [1.807, 2.05) is 48.5 Å². The van der Waals surface area contributed by atoms with Crippen LogP contribution >= 0.6 is 0 Å². The molecule has 4 N–H and O–H groups in total. The highest BCUT2D eigenvalue weighted by Gasteiger charge is 2.17. The normalized spacial score (nSPS) is 17.0. The molecule has 0 saturated heterocycles. The Labute approximate surface area is 142 Å². The summed E-state index contributed by atoms with van der Waals surface area (Å²) in [4.78, 5) is 13.3. The summed E-state index contributed by atoms with van der Waals surface area (Å²) < 4.78 is 0.